The first-order valence-corrected chi connectivity index (χ1v) is 11.8. The van der Waals surface area contributed by atoms with Crippen LogP contribution in [0, 0.1) is 11.6 Å². The quantitative estimate of drug-likeness (QED) is 0.342. The molecule has 10 nitrogen and oxygen atoms in total. The highest BCUT2D eigenvalue weighted by atomic mass is 35.5. The SMILES string of the molecule is CO[C@@H]1[C@@H](n2cc(-c3ccc(Cl)c(F)c3F)nn2)[C@@H](O)[C@@H](CO)O[C@@H]1Cc1cn(C2CCC2(F)F)nn1. The summed E-state index contributed by atoms with van der Waals surface area (Å²) in [5.41, 5.74) is 0.131. The van der Waals surface area contributed by atoms with Crippen LogP contribution in [0.4, 0.5) is 17.6 Å². The molecule has 0 bridgehead atoms. The number of aromatic nitrogens is 6. The van der Waals surface area contributed by atoms with E-state index >= 15 is 0 Å². The van der Waals surface area contributed by atoms with E-state index in [0.29, 0.717) is 5.69 Å². The molecule has 1 unspecified atom stereocenters. The second kappa shape index (κ2) is 9.91. The van der Waals surface area contributed by atoms with E-state index in [4.69, 9.17) is 21.1 Å². The fourth-order valence-electron chi connectivity index (χ4n) is 4.78. The van der Waals surface area contributed by atoms with Gasteiger partial charge < -0.3 is 19.7 Å². The highest BCUT2D eigenvalue weighted by molar-refractivity contribution is 6.30. The molecule has 2 N–H and O–H groups in total. The lowest BCUT2D eigenvalue weighted by molar-refractivity contribution is -0.212. The molecule has 2 aliphatic rings. The normalized spacial score (nSPS) is 29.3. The van der Waals surface area contributed by atoms with Crippen molar-refractivity contribution >= 4 is 11.6 Å². The molecule has 1 aromatic carbocycles. The number of rotatable bonds is 7. The van der Waals surface area contributed by atoms with Gasteiger partial charge in [-0.15, -0.1) is 10.2 Å². The number of methoxy groups -OCH3 is 1. The Hall–Kier alpha value is -2.65. The van der Waals surface area contributed by atoms with E-state index in [-0.39, 0.29) is 35.5 Å². The second-order valence-corrected chi connectivity index (χ2v) is 9.50. The lowest BCUT2D eigenvalue weighted by Crippen LogP contribution is -2.57. The number of benzene rings is 1. The first-order valence-electron chi connectivity index (χ1n) is 11.5. The van der Waals surface area contributed by atoms with Crippen molar-refractivity contribution in [2.45, 2.75) is 61.7 Å². The molecule has 15 heteroatoms. The highest BCUT2D eigenvalue weighted by Crippen LogP contribution is 2.46. The Balaban J connectivity index is 1.42. The maximum Gasteiger partial charge on any atom is 0.270 e. The van der Waals surface area contributed by atoms with Gasteiger partial charge in [0.1, 0.15) is 36.1 Å². The summed E-state index contributed by atoms with van der Waals surface area (Å²) in [6.07, 6.45) is -1.23. The van der Waals surface area contributed by atoms with Crippen LogP contribution in [0.2, 0.25) is 5.02 Å². The Labute approximate surface area is 212 Å². The maximum absolute atomic E-state index is 14.5. The molecule has 200 valence electrons. The van der Waals surface area contributed by atoms with Crippen LogP contribution in [0.15, 0.2) is 24.5 Å². The molecule has 3 heterocycles. The fourth-order valence-corrected chi connectivity index (χ4v) is 4.93. The molecule has 3 aromatic rings. The molecule has 37 heavy (non-hydrogen) atoms. The van der Waals surface area contributed by atoms with Crippen molar-refractivity contribution in [3.8, 4) is 11.3 Å². The summed E-state index contributed by atoms with van der Waals surface area (Å²) in [5.74, 6) is -5.29. The molecule has 6 atom stereocenters. The summed E-state index contributed by atoms with van der Waals surface area (Å²) >= 11 is 5.62. The van der Waals surface area contributed by atoms with Crippen LogP contribution in [0.5, 0.6) is 0 Å². The summed E-state index contributed by atoms with van der Waals surface area (Å²) in [6.45, 7) is -0.551. The predicted octanol–water partition coefficient (Wildman–Crippen LogP) is 2.36. The number of hydrogen-bond acceptors (Lipinski definition) is 8. The van der Waals surface area contributed by atoms with Crippen molar-refractivity contribution < 1.29 is 37.2 Å². The lowest BCUT2D eigenvalue weighted by atomic mass is 9.88. The third kappa shape index (κ3) is 4.61. The maximum atomic E-state index is 14.5. The van der Waals surface area contributed by atoms with Gasteiger partial charge >= 0.3 is 0 Å². The Morgan fingerprint density at radius 3 is 2.54 bits per heavy atom. The van der Waals surface area contributed by atoms with E-state index in [9.17, 15) is 27.8 Å². The van der Waals surface area contributed by atoms with Gasteiger partial charge in [-0.2, -0.15) is 0 Å². The van der Waals surface area contributed by atoms with Crippen molar-refractivity contribution in [1.29, 1.82) is 0 Å². The fraction of sp³-hybridized carbons (Fsp3) is 0.545. The third-order valence-electron chi connectivity index (χ3n) is 6.89. The number of aliphatic hydroxyl groups excluding tert-OH is 2. The average molecular weight is 547 g/mol. The summed E-state index contributed by atoms with van der Waals surface area (Å²) < 4.78 is 69.8. The molecule has 2 fully saturated rings. The molecule has 0 radical (unpaired) electrons. The zero-order valence-corrected chi connectivity index (χ0v) is 20.1. The van der Waals surface area contributed by atoms with Crippen molar-refractivity contribution in [2.75, 3.05) is 13.7 Å². The number of hydrogen-bond donors (Lipinski definition) is 2. The van der Waals surface area contributed by atoms with E-state index in [2.05, 4.69) is 20.6 Å². The van der Waals surface area contributed by atoms with E-state index in [1.165, 1.54) is 36.3 Å². The Bertz CT molecular complexity index is 1280. The molecule has 0 amide bonds. The van der Waals surface area contributed by atoms with Gasteiger partial charge in [0.15, 0.2) is 11.6 Å². The van der Waals surface area contributed by atoms with Crippen molar-refractivity contribution in [1.82, 2.24) is 30.0 Å². The van der Waals surface area contributed by atoms with Crippen molar-refractivity contribution in [2.24, 2.45) is 0 Å². The van der Waals surface area contributed by atoms with Crippen LogP contribution in [-0.4, -0.2) is 84.3 Å². The first kappa shape index (κ1) is 26.0. The average Bonchev–Trinajstić information content (AvgIpc) is 3.52. The summed E-state index contributed by atoms with van der Waals surface area (Å²) in [7, 11) is 1.37. The minimum Gasteiger partial charge on any atom is -0.394 e. The van der Waals surface area contributed by atoms with Gasteiger partial charge in [-0.1, -0.05) is 22.0 Å². The second-order valence-electron chi connectivity index (χ2n) is 9.09. The largest absolute Gasteiger partial charge is 0.394 e. The molecular weight excluding hydrogens is 524 g/mol. The van der Waals surface area contributed by atoms with Crippen LogP contribution in [0.3, 0.4) is 0 Å². The van der Waals surface area contributed by atoms with Crippen LogP contribution in [0.25, 0.3) is 11.3 Å². The van der Waals surface area contributed by atoms with Crippen LogP contribution in [0.1, 0.15) is 30.6 Å². The van der Waals surface area contributed by atoms with Crippen LogP contribution < -0.4 is 0 Å². The summed E-state index contributed by atoms with van der Waals surface area (Å²) in [5, 5.41) is 36.1. The number of aliphatic hydroxyl groups is 2. The number of alkyl halides is 2. The molecule has 0 spiro atoms. The zero-order chi connectivity index (χ0) is 26.5. The summed E-state index contributed by atoms with van der Waals surface area (Å²) in [4.78, 5) is 0. The van der Waals surface area contributed by atoms with E-state index in [0.717, 1.165) is 4.68 Å². The number of halogens is 5. The lowest BCUT2D eigenvalue weighted by Gasteiger charge is -2.43. The first-order chi connectivity index (χ1) is 17.6. The molecule has 1 saturated carbocycles. The van der Waals surface area contributed by atoms with Gasteiger partial charge in [-0.25, -0.2) is 26.9 Å². The molecule has 2 aromatic heterocycles. The number of nitrogens with zero attached hydrogens (tertiary/aromatic N) is 6. The van der Waals surface area contributed by atoms with E-state index < -0.39 is 60.7 Å². The monoisotopic (exact) mass is 546 g/mol. The van der Waals surface area contributed by atoms with Crippen LogP contribution in [-0.2, 0) is 15.9 Å². The Morgan fingerprint density at radius 1 is 1.14 bits per heavy atom. The van der Waals surface area contributed by atoms with E-state index in [1.54, 1.807) is 0 Å². The van der Waals surface area contributed by atoms with Gasteiger partial charge in [0, 0.05) is 31.7 Å². The predicted molar refractivity (Wildman–Crippen MR) is 119 cm³/mol. The third-order valence-corrected chi connectivity index (χ3v) is 7.18. The van der Waals surface area contributed by atoms with Gasteiger partial charge in [0.25, 0.3) is 5.92 Å². The number of ether oxygens (including phenoxy) is 2. The Morgan fingerprint density at radius 2 is 1.89 bits per heavy atom. The molecule has 1 saturated heterocycles. The van der Waals surface area contributed by atoms with Gasteiger partial charge in [-0.3, -0.25) is 0 Å². The van der Waals surface area contributed by atoms with E-state index in [1.807, 2.05) is 0 Å². The smallest absolute Gasteiger partial charge is 0.270 e. The van der Waals surface area contributed by atoms with Gasteiger partial charge in [0.05, 0.1) is 29.6 Å². The standard InChI is InChI=1S/C22H23ClF4N6O4/c1-36-21-14(6-10-7-32(30-28-10)16-4-5-22(16,26)27)37-15(9-34)20(35)19(21)33-8-13(29-31-33)11-2-3-12(23)18(25)17(11)24/h2-3,7-8,14-16,19-21,34-35H,4-6,9H2,1H3/t14-,15-,16?,19+,20+,21+/m1/s1. The summed E-state index contributed by atoms with van der Waals surface area (Å²) in [6, 6.07) is 0.400. The van der Waals surface area contributed by atoms with Crippen molar-refractivity contribution in [3.05, 3.63) is 46.9 Å². The van der Waals surface area contributed by atoms with Gasteiger partial charge in [-0.05, 0) is 18.6 Å². The van der Waals surface area contributed by atoms with Gasteiger partial charge in [0.2, 0.25) is 0 Å². The minimum absolute atomic E-state index is 0.0249. The van der Waals surface area contributed by atoms with Crippen LogP contribution >= 0.6 is 11.6 Å². The molecular formula is C22H23ClF4N6O4. The Kier molecular flexibility index (Phi) is 6.96. The molecule has 5 rings (SSSR count). The highest BCUT2D eigenvalue weighted by Gasteiger charge is 2.51. The molecule has 1 aliphatic carbocycles. The minimum atomic E-state index is -2.85. The van der Waals surface area contributed by atoms with Crippen molar-refractivity contribution in [3.63, 3.8) is 0 Å². The topological polar surface area (TPSA) is 120 Å². The molecule has 1 aliphatic heterocycles. The zero-order valence-electron chi connectivity index (χ0n) is 19.4.